The third-order valence-electron chi connectivity index (χ3n) is 5.10. The van der Waals surface area contributed by atoms with Crippen LogP contribution in [0.5, 0.6) is 0 Å². The lowest BCUT2D eigenvalue weighted by Gasteiger charge is -2.30. The Balaban J connectivity index is 1.41. The standard InChI is InChI=1S/C20H22F4N4O3S/c21-16-2-4-17(5-3-16)32(30,31)28-11-7-14(8-12-28)19(29)26-10-9-25-18-6-1-15(13-27-18)20(22,23)24/h1-6,13-14H,7-12H2,(H,25,27)(H,26,29). The number of amides is 1. The number of hydrogen-bond donors (Lipinski definition) is 2. The average Bonchev–Trinajstić information content (AvgIpc) is 2.76. The molecule has 7 nitrogen and oxygen atoms in total. The first-order valence-corrected chi connectivity index (χ1v) is 11.3. The van der Waals surface area contributed by atoms with Gasteiger partial charge in [-0.3, -0.25) is 4.79 Å². The van der Waals surface area contributed by atoms with E-state index in [0.29, 0.717) is 12.8 Å². The first-order valence-electron chi connectivity index (χ1n) is 9.88. The number of benzene rings is 1. The summed E-state index contributed by atoms with van der Waals surface area (Å²) in [5.74, 6) is -0.834. The SMILES string of the molecule is O=C(NCCNc1ccc(C(F)(F)F)cn1)C1CCN(S(=O)(=O)c2ccc(F)cc2)CC1. The summed E-state index contributed by atoms with van der Waals surface area (Å²) < 4.78 is 77.1. The first-order chi connectivity index (χ1) is 15.1. The fourth-order valence-electron chi connectivity index (χ4n) is 3.30. The Morgan fingerprint density at radius 3 is 2.28 bits per heavy atom. The minimum Gasteiger partial charge on any atom is -0.368 e. The van der Waals surface area contributed by atoms with Crippen molar-refractivity contribution in [1.82, 2.24) is 14.6 Å². The number of carbonyl (C=O) groups excluding carboxylic acids is 1. The van der Waals surface area contributed by atoms with Crippen LogP contribution in [-0.2, 0) is 21.0 Å². The number of aromatic nitrogens is 1. The summed E-state index contributed by atoms with van der Waals surface area (Å²) in [7, 11) is -3.74. The molecule has 0 saturated carbocycles. The third-order valence-corrected chi connectivity index (χ3v) is 7.01. The van der Waals surface area contributed by atoms with E-state index in [-0.39, 0.29) is 48.7 Å². The number of rotatable bonds is 7. The maximum Gasteiger partial charge on any atom is 0.417 e. The Kier molecular flexibility index (Phi) is 7.34. The van der Waals surface area contributed by atoms with Gasteiger partial charge >= 0.3 is 6.18 Å². The van der Waals surface area contributed by atoms with Gasteiger partial charge in [0.05, 0.1) is 10.5 Å². The van der Waals surface area contributed by atoms with Crippen LogP contribution in [0.2, 0.25) is 0 Å². The van der Waals surface area contributed by atoms with E-state index in [0.717, 1.165) is 24.4 Å². The number of nitrogens with zero attached hydrogens (tertiary/aromatic N) is 2. The van der Waals surface area contributed by atoms with Gasteiger partial charge in [-0.2, -0.15) is 17.5 Å². The van der Waals surface area contributed by atoms with Crippen LogP contribution in [0.25, 0.3) is 0 Å². The Bertz CT molecular complexity index is 1020. The Labute approximate surface area is 182 Å². The van der Waals surface area contributed by atoms with Gasteiger partial charge < -0.3 is 10.6 Å². The van der Waals surface area contributed by atoms with E-state index < -0.39 is 27.6 Å². The third kappa shape index (κ3) is 5.94. The first kappa shape index (κ1) is 23.9. The smallest absolute Gasteiger partial charge is 0.368 e. The van der Waals surface area contributed by atoms with Crippen molar-refractivity contribution in [1.29, 1.82) is 0 Å². The van der Waals surface area contributed by atoms with Crippen molar-refractivity contribution in [2.75, 3.05) is 31.5 Å². The Morgan fingerprint density at radius 1 is 1.06 bits per heavy atom. The number of nitrogens with one attached hydrogen (secondary N) is 2. The number of hydrogen-bond acceptors (Lipinski definition) is 5. The summed E-state index contributed by atoms with van der Waals surface area (Å²) in [6.07, 6.45) is -3.03. The van der Waals surface area contributed by atoms with Crippen LogP contribution in [-0.4, -0.2) is 49.8 Å². The molecule has 2 N–H and O–H groups in total. The van der Waals surface area contributed by atoms with Crippen molar-refractivity contribution in [3.05, 3.63) is 54.0 Å². The molecule has 0 atom stereocenters. The van der Waals surface area contributed by atoms with Gasteiger partial charge in [0, 0.05) is 38.3 Å². The molecule has 1 aromatic carbocycles. The maximum absolute atomic E-state index is 13.0. The van der Waals surface area contributed by atoms with E-state index in [1.165, 1.54) is 22.5 Å². The normalized spacial score (nSPS) is 16.0. The molecular formula is C20H22F4N4O3S. The maximum atomic E-state index is 13.0. The highest BCUT2D eigenvalue weighted by atomic mass is 32.2. The van der Waals surface area contributed by atoms with E-state index in [1.54, 1.807) is 0 Å². The Hall–Kier alpha value is -2.73. The fourth-order valence-corrected chi connectivity index (χ4v) is 4.77. The van der Waals surface area contributed by atoms with Crippen LogP contribution in [0.15, 0.2) is 47.5 Å². The van der Waals surface area contributed by atoms with Crippen molar-refractivity contribution >= 4 is 21.7 Å². The highest BCUT2D eigenvalue weighted by molar-refractivity contribution is 7.89. The summed E-state index contributed by atoms with van der Waals surface area (Å²) in [5, 5.41) is 5.55. The van der Waals surface area contributed by atoms with Crippen LogP contribution in [0, 0.1) is 11.7 Å². The molecule has 32 heavy (non-hydrogen) atoms. The monoisotopic (exact) mass is 474 g/mol. The molecule has 3 rings (SSSR count). The summed E-state index contributed by atoms with van der Waals surface area (Å²) in [6, 6.07) is 6.72. The molecule has 1 aromatic heterocycles. The molecule has 2 heterocycles. The van der Waals surface area contributed by atoms with E-state index >= 15 is 0 Å². The van der Waals surface area contributed by atoms with Crippen LogP contribution >= 0.6 is 0 Å². The van der Waals surface area contributed by atoms with Gasteiger partial charge in [-0.1, -0.05) is 0 Å². The number of piperidine rings is 1. The van der Waals surface area contributed by atoms with Crippen molar-refractivity contribution in [2.45, 2.75) is 23.9 Å². The minimum atomic E-state index is -4.45. The second-order valence-corrected chi connectivity index (χ2v) is 9.22. The van der Waals surface area contributed by atoms with Gasteiger partial charge in [0.25, 0.3) is 0 Å². The van der Waals surface area contributed by atoms with Crippen LogP contribution in [0.1, 0.15) is 18.4 Å². The number of anilines is 1. The minimum absolute atomic E-state index is 0.00440. The molecule has 12 heteroatoms. The molecule has 1 fully saturated rings. The van der Waals surface area contributed by atoms with Crippen LogP contribution in [0.3, 0.4) is 0 Å². The highest BCUT2D eigenvalue weighted by Gasteiger charge is 2.32. The van der Waals surface area contributed by atoms with Gasteiger partial charge in [-0.25, -0.2) is 17.8 Å². The van der Waals surface area contributed by atoms with E-state index in [2.05, 4.69) is 15.6 Å². The molecule has 0 unspecified atom stereocenters. The molecule has 2 aromatic rings. The van der Waals surface area contributed by atoms with Crippen molar-refractivity contribution < 1.29 is 30.8 Å². The van der Waals surface area contributed by atoms with Gasteiger partial charge in [-0.15, -0.1) is 0 Å². The zero-order chi connectivity index (χ0) is 23.4. The molecular weight excluding hydrogens is 452 g/mol. The fraction of sp³-hybridized carbons (Fsp3) is 0.400. The number of halogens is 4. The van der Waals surface area contributed by atoms with Gasteiger partial charge in [0.2, 0.25) is 15.9 Å². The molecule has 1 aliphatic rings. The molecule has 1 amide bonds. The van der Waals surface area contributed by atoms with Gasteiger partial charge in [-0.05, 0) is 49.2 Å². The largest absolute Gasteiger partial charge is 0.417 e. The van der Waals surface area contributed by atoms with Gasteiger partial charge in [0.1, 0.15) is 11.6 Å². The van der Waals surface area contributed by atoms with Crippen LogP contribution in [0.4, 0.5) is 23.4 Å². The average molecular weight is 474 g/mol. The number of sulfonamides is 1. The lowest BCUT2D eigenvalue weighted by Crippen LogP contribution is -2.43. The summed E-state index contributed by atoms with van der Waals surface area (Å²) in [6.45, 7) is 0.842. The lowest BCUT2D eigenvalue weighted by atomic mass is 9.97. The van der Waals surface area contributed by atoms with Crippen molar-refractivity contribution in [3.63, 3.8) is 0 Å². The van der Waals surface area contributed by atoms with Crippen molar-refractivity contribution in [2.24, 2.45) is 5.92 Å². The number of pyridine rings is 1. The molecule has 0 aliphatic carbocycles. The molecule has 0 radical (unpaired) electrons. The summed E-state index contributed by atoms with van der Waals surface area (Å²) >= 11 is 0. The number of alkyl halides is 3. The van der Waals surface area contributed by atoms with Crippen LogP contribution < -0.4 is 10.6 Å². The lowest BCUT2D eigenvalue weighted by molar-refractivity contribution is -0.137. The summed E-state index contributed by atoms with van der Waals surface area (Å²) in [5.41, 5.74) is -0.843. The van der Waals surface area contributed by atoms with Gasteiger partial charge in [0.15, 0.2) is 0 Å². The highest BCUT2D eigenvalue weighted by Crippen LogP contribution is 2.29. The quantitative estimate of drug-likeness (QED) is 0.476. The second kappa shape index (κ2) is 9.82. The van der Waals surface area contributed by atoms with E-state index in [9.17, 15) is 30.8 Å². The Morgan fingerprint density at radius 2 is 1.72 bits per heavy atom. The molecule has 1 saturated heterocycles. The molecule has 0 spiro atoms. The molecule has 0 bridgehead atoms. The second-order valence-electron chi connectivity index (χ2n) is 7.28. The topological polar surface area (TPSA) is 91.4 Å². The predicted octanol–water partition coefficient (Wildman–Crippen LogP) is 2.87. The number of carbonyl (C=O) groups is 1. The molecule has 174 valence electrons. The zero-order valence-corrected chi connectivity index (χ0v) is 17.7. The van der Waals surface area contributed by atoms with E-state index in [4.69, 9.17) is 0 Å². The summed E-state index contributed by atoms with van der Waals surface area (Å²) in [4.78, 5) is 16.0. The zero-order valence-electron chi connectivity index (χ0n) is 16.9. The molecule has 1 aliphatic heterocycles. The van der Waals surface area contributed by atoms with Crippen molar-refractivity contribution in [3.8, 4) is 0 Å². The predicted molar refractivity (Wildman–Crippen MR) is 109 cm³/mol. The van der Waals surface area contributed by atoms with E-state index in [1.807, 2.05) is 0 Å².